The Kier molecular flexibility index (Phi) is 4.57. The van der Waals surface area contributed by atoms with Crippen LogP contribution < -0.4 is 20.9 Å². The second kappa shape index (κ2) is 7.19. The number of aromatic nitrogens is 2. The summed E-state index contributed by atoms with van der Waals surface area (Å²) in [6, 6.07) is 17.0. The third kappa shape index (κ3) is 3.46. The topological polar surface area (TPSA) is 80.5 Å². The number of nitrogens with one attached hydrogen (secondary N) is 2. The molecular weight excluding hydrogens is 354 g/mol. The van der Waals surface area contributed by atoms with Gasteiger partial charge in [0.25, 0.3) is 5.56 Å². The molecule has 142 valence electrons. The van der Waals surface area contributed by atoms with Crippen LogP contribution in [0.15, 0.2) is 64.4 Å². The third-order valence-electron chi connectivity index (χ3n) is 4.51. The lowest BCUT2D eigenvalue weighted by Gasteiger charge is -2.27. The number of ether oxygens (including phenoxy) is 1. The number of anilines is 2. The van der Waals surface area contributed by atoms with Crippen molar-refractivity contribution in [2.24, 2.45) is 4.99 Å². The zero-order chi connectivity index (χ0) is 19.7. The van der Waals surface area contributed by atoms with E-state index in [1.165, 1.54) is 11.6 Å². The summed E-state index contributed by atoms with van der Waals surface area (Å²) < 4.78 is 6.88. The standard InChI is InChI=1S/C21H21N5O2/c1-13-7-9-16(10-8-13)23-20-24-19(15-5-4-6-17(12-15)28-3)26-18(27)11-14(2)22-21(26)25-20/h4-12,19H,1-3H3,(H2,22,23,24,25). The van der Waals surface area contributed by atoms with E-state index >= 15 is 0 Å². The highest BCUT2D eigenvalue weighted by Crippen LogP contribution is 2.28. The van der Waals surface area contributed by atoms with E-state index in [9.17, 15) is 4.79 Å². The summed E-state index contributed by atoms with van der Waals surface area (Å²) in [5.41, 5.74) is 3.38. The number of rotatable bonds is 3. The van der Waals surface area contributed by atoms with E-state index in [1.54, 1.807) is 18.6 Å². The number of hydrogen-bond donors (Lipinski definition) is 2. The normalized spacial score (nSPS) is 15.2. The molecule has 0 aliphatic carbocycles. The van der Waals surface area contributed by atoms with Crippen molar-refractivity contribution in [2.75, 3.05) is 17.7 Å². The summed E-state index contributed by atoms with van der Waals surface area (Å²) in [6.07, 6.45) is -0.556. The molecule has 28 heavy (non-hydrogen) atoms. The molecule has 1 aliphatic rings. The Hall–Kier alpha value is -3.61. The minimum absolute atomic E-state index is 0.166. The van der Waals surface area contributed by atoms with Crippen molar-refractivity contribution in [3.63, 3.8) is 0 Å². The molecule has 7 nitrogen and oxygen atoms in total. The number of guanidine groups is 1. The van der Waals surface area contributed by atoms with Crippen LogP contribution in [0.4, 0.5) is 11.6 Å². The first-order chi connectivity index (χ1) is 13.5. The van der Waals surface area contributed by atoms with E-state index in [4.69, 9.17) is 9.73 Å². The molecule has 2 N–H and O–H groups in total. The summed E-state index contributed by atoms with van der Waals surface area (Å²) in [5.74, 6) is 1.67. The Morgan fingerprint density at radius 2 is 1.89 bits per heavy atom. The van der Waals surface area contributed by atoms with Gasteiger partial charge in [-0.05, 0) is 38.1 Å². The smallest absolute Gasteiger partial charge is 0.257 e. The number of benzene rings is 2. The van der Waals surface area contributed by atoms with Crippen molar-refractivity contribution in [3.05, 3.63) is 81.8 Å². The number of aliphatic imine (C=N–C) groups is 1. The van der Waals surface area contributed by atoms with Gasteiger partial charge < -0.3 is 10.1 Å². The van der Waals surface area contributed by atoms with Crippen molar-refractivity contribution in [3.8, 4) is 5.75 Å². The fourth-order valence-electron chi connectivity index (χ4n) is 3.11. The van der Waals surface area contributed by atoms with Crippen LogP contribution in [-0.4, -0.2) is 22.6 Å². The number of aryl methyl sites for hydroxylation is 2. The third-order valence-corrected chi connectivity index (χ3v) is 4.51. The number of fused-ring (bicyclic) bond motifs is 1. The van der Waals surface area contributed by atoms with E-state index in [-0.39, 0.29) is 5.56 Å². The first-order valence-corrected chi connectivity index (χ1v) is 8.96. The summed E-state index contributed by atoms with van der Waals surface area (Å²) >= 11 is 0. The van der Waals surface area contributed by atoms with Crippen LogP contribution in [-0.2, 0) is 0 Å². The first kappa shape index (κ1) is 17.8. The maximum Gasteiger partial charge on any atom is 0.257 e. The van der Waals surface area contributed by atoms with Gasteiger partial charge in [0.2, 0.25) is 11.9 Å². The molecule has 1 atom stereocenters. The minimum Gasteiger partial charge on any atom is -0.497 e. The Morgan fingerprint density at radius 3 is 2.64 bits per heavy atom. The average Bonchev–Trinajstić information content (AvgIpc) is 2.69. The Balaban J connectivity index is 1.79. The van der Waals surface area contributed by atoms with Crippen molar-refractivity contribution in [2.45, 2.75) is 20.0 Å². The maximum absolute atomic E-state index is 12.7. The largest absolute Gasteiger partial charge is 0.497 e. The van der Waals surface area contributed by atoms with E-state index < -0.39 is 6.17 Å². The van der Waals surface area contributed by atoms with Crippen molar-refractivity contribution in [1.29, 1.82) is 0 Å². The van der Waals surface area contributed by atoms with Crippen LogP contribution in [0.2, 0.25) is 0 Å². The molecule has 0 saturated heterocycles. The molecule has 2 aromatic carbocycles. The van der Waals surface area contributed by atoms with Gasteiger partial charge in [0.1, 0.15) is 5.75 Å². The lowest BCUT2D eigenvalue weighted by molar-refractivity contribution is 0.413. The van der Waals surface area contributed by atoms with Crippen LogP contribution >= 0.6 is 0 Å². The second-order valence-electron chi connectivity index (χ2n) is 6.67. The zero-order valence-corrected chi connectivity index (χ0v) is 15.9. The molecule has 0 saturated carbocycles. The molecule has 3 aromatic rings. The molecule has 0 radical (unpaired) electrons. The van der Waals surface area contributed by atoms with Crippen molar-refractivity contribution >= 4 is 17.6 Å². The summed E-state index contributed by atoms with van der Waals surface area (Å²) in [5, 5.41) is 6.40. The van der Waals surface area contributed by atoms with Gasteiger partial charge in [0.15, 0.2) is 6.17 Å². The summed E-state index contributed by atoms with van der Waals surface area (Å²) in [7, 11) is 1.61. The van der Waals surface area contributed by atoms with Crippen molar-refractivity contribution < 1.29 is 4.74 Å². The van der Waals surface area contributed by atoms with Gasteiger partial charge in [0.05, 0.1) is 7.11 Å². The predicted octanol–water partition coefficient (Wildman–Crippen LogP) is 3.31. The van der Waals surface area contributed by atoms with E-state index in [0.717, 1.165) is 11.3 Å². The van der Waals surface area contributed by atoms with Gasteiger partial charge in [-0.15, -0.1) is 0 Å². The van der Waals surface area contributed by atoms with Gasteiger partial charge in [-0.25, -0.2) is 9.98 Å². The van der Waals surface area contributed by atoms with Gasteiger partial charge in [-0.2, -0.15) is 0 Å². The van der Waals surface area contributed by atoms with Gasteiger partial charge in [-0.1, -0.05) is 29.8 Å². The molecule has 1 unspecified atom stereocenters. The Morgan fingerprint density at radius 1 is 1.11 bits per heavy atom. The van der Waals surface area contributed by atoms with Crippen LogP contribution in [0.5, 0.6) is 5.75 Å². The van der Waals surface area contributed by atoms with Gasteiger partial charge >= 0.3 is 0 Å². The second-order valence-corrected chi connectivity index (χ2v) is 6.67. The van der Waals surface area contributed by atoms with Crippen LogP contribution in [0, 0.1) is 13.8 Å². The highest BCUT2D eigenvalue weighted by Gasteiger charge is 2.25. The van der Waals surface area contributed by atoms with Gasteiger partial charge in [0, 0.05) is 23.0 Å². The summed E-state index contributed by atoms with van der Waals surface area (Å²) in [4.78, 5) is 21.9. The quantitative estimate of drug-likeness (QED) is 0.734. The van der Waals surface area contributed by atoms with E-state index in [1.807, 2.05) is 55.5 Å². The molecule has 0 fully saturated rings. The molecule has 4 rings (SSSR count). The maximum atomic E-state index is 12.7. The first-order valence-electron chi connectivity index (χ1n) is 8.96. The Bertz CT molecular complexity index is 1100. The summed E-state index contributed by atoms with van der Waals surface area (Å²) in [6.45, 7) is 3.83. The van der Waals surface area contributed by atoms with Crippen LogP contribution in [0.25, 0.3) is 0 Å². The Labute approximate surface area is 162 Å². The van der Waals surface area contributed by atoms with E-state index in [2.05, 4.69) is 15.6 Å². The molecule has 7 heteroatoms. The molecule has 2 heterocycles. The molecule has 0 spiro atoms. The monoisotopic (exact) mass is 375 g/mol. The highest BCUT2D eigenvalue weighted by molar-refractivity contribution is 6.03. The fourth-order valence-corrected chi connectivity index (χ4v) is 3.11. The number of nitrogens with zero attached hydrogens (tertiary/aromatic N) is 3. The van der Waals surface area contributed by atoms with Crippen molar-refractivity contribution in [1.82, 2.24) is 9.55 Å². The van der Waals surface area contributed by atoms with E-state index in [0.29, 0.717) is 23.4 Å². The minimum atomic E-state index is -0.556. The number of methoxy groups -OCH3 is 1. The lowest BCUT2D eigenvalue weighted by Crippen LogP contribution is -2.37. The zero-order valence-electron chi connectivity index (χ0n) is 15.9. The molecule has 1 aliphatic heterocycles. The molecular formula is C21H21N5O2. The predicted molar refractivity (Wildman–Crippen MR) is 110 cm³/mol. The van der Waals surface area contributed by atoms with Crippen LogP contribution in [0.1, 0.15) is 23.0 Å². The molecule has 0 amide bonds. The molecule has 0 bridgehead atoms. The fraction of sp³-hybridized carbons (Fsp3) is 0.190. The van der Waals surface area contributed by atoms with Gasteiger partial charge in [-0.3, -0.25) is 14.7 Å². The lowest BCUT2D eigenvalue weighted by atomic mass is 10.1. The van der Waals surface area contributed by atoms with Crippen LogP contribution in [0.3, 0.4) is 0 Å². The number of hydrogen-bond acceptors (Lipinski definition) is 6. The SMILES string of the molecule is COc1cccc(C2N=C(Nc3ccc(C)cc3)Nc3nc(C)cc(=O)n32)c1. The molecule has 1 aromatic heterocycles. The highest BCUT2D eigenvalue weighted by atomic mass is 16.5. The average molecular weight is 375 g/mol.